The van der Waals surface area contributed by atoms with E-state index in [0.29, 0.717) is 22.3 Å². The van der Waals surface area contributed by atoms with Crippen molar-refractivity contribution in [3.63, 3.8) is 0 Å². The minimum absolute atomic E-state index is 0.674. The summed E-state index contributed by atoms with van der Waals surface area (Å²) in [6.07, 6.45) is 0. The van der Waals surface area contributed by atoms with Gasteiger partial charge in [-0.15, -0.1) is 0 Å². The lowest BCUT2D eigenvalue weighted by molar-refractivity contribution is 0.0747. The van der Waals surface area contributed by atoms with Crippen LogP contribution in [0.25, 0.3) is 22.3 Å². The molecule has 0 saturated carbocycles. The van der Waals surface area contributed by atoms with Gasteiger partial charge in [-0.25, -0.2) is 0 Å². The second-order valence-corrected chi connectivity index (χ2v) is 12.5. The predicted molar refractivity (Wildman–Crippen MR) is 178 cm³/mol. The molecule has 3 heteroatoms. The van der Waals surface area contributed by atoms with E-state index in [9.17, 15) is 10.2 Å². The maximum absolute atomic E-state index is 12.8. The van der Waals surface area contributed by atoms with Gasteiger partial charge in [-0.1, -0.05) is 154 Å². The number of halogens is 1. The van der Waals surface area contributed by atoms with Crippen molar-refractivity contribution in [1.82, 2.24) is 0 Å². The maximum atomic E-state index is 12.8. The molecule has 210 valence electrons. The molecule has 2 nitrogen and oxygen atoms in total. The number of hydrogen-bond acceptors (Lipinski definition) is 2. The average molecular weight is 624 g/mol. The molecule has 0 amide bonds. The fourth-order valence-corrected chi connectivity index (χ4v) is 6.76. The molecule has 0 aliphatic heterocycles. The van der Waals surface area contributed by atoms with E-state index >= 15 is 0 Å². The van der Waals surface area contributed by atoms with Crippen LogP contribution in [0.1, 0.15) is 44.5 Å². The molecule has 2 unspecified atom stereocenters. The minimum atomic E-state index is -1.45. The number of aliphatic hydroxyl groups is 2. The molecular formula is C40H31BrO2. The lowest BCUT2D eigenvalue weighted by Crippen LogP contribution is -2.44. The van der Waals surface area contributed by atoms with Crippen molar-refractivity contribution in [3.05, 3.63) is 189 Å². The smallest absolute Gasteiger partial charge is 0.141 e. The molecule has 0 saturated heterocycles. The standard InChI is InChI=1S/C40H31BrO2/c1-26-7-10-28(11-8-26)29-14-20-33(21-15-29)40(43)36-6-4-3-5-35(36)39(42,37-24-9-27(2)25-38(37)40)32-18-12-30(13-19-32)31-16-22-34(41)23-17-31/h3-25,42-43H,1-2H3. The summed E-state index contributed by atoms with van der Waals surface area (Å²) in [4.78, 5) is 0. The van der Waals surface area contributed by atoms with Crippen LogP contribution in [-0.2, 0) is 11.2 Å². The Hall–Kier alpha value is -4.28. The summed E-state index contributed by atoms with van der Waals surface area (Å²) in [7, 11) is 0. The van der Waals surface area contributed by atoms with Crippen molar-refractivity contribution in [2.75, 3.05) is 0 Å². The predicted octanol–water partition coefficient (Wildman–Crippen LogP) is 9.28. The summed E-state index contributed by atoms with van der Waals surface area (Å²) in [6.45, 7) is 4.11. The Balaban J connectivity index is 1.39. The van der Waals surface area contributed by atoms with Crippen molar-refractivity contribution >= 4 is 15.9 Å². The molecule has 1 aliphatic carbocycles. The molecule has 43 heavy (non-hydrogen) atoms. The van der Waals surface area contributed by atoms with Crippen LogP contribution in [0.2, 0.25) is 0 Å². The molecule has 0 fully saturated rings. The van der Waals surface area contributed by atoms with Gasteiger partial charge in [0.25, 0.3) is 0 Å². The van der Waals surface area contributed by atoms with Gasteiger partial charge in [0.1, 0.15) is 11.2 Å². The molecule has 0 radical (unpaired) electrons. The largest absolute Gasteiger partial charge is 0.376 e. The Morgan fingerprint density at radius 3 is 1.28 bits per heavy atom. The van der Waals surface area contributed by atoms with Gasteiger partial charge in [0, 0.05) is 4.47 Å². The Morgan fingerprint density at radius 1 is 0.419 bits per heavy atom. The first-order valence-electron chi connectivity index (χ1n) is 14.5. The van der Waals surface area contributed by atoms with Crippen LogP contribution in [0.3, 0.4) is 0 Å². The molecule has 0 bridgehead atoms. The molecule has 0 heterocycles. The lowest BCUT2D eigenvalue weighted by atomic mass is 9.63. The second kappa shape index (κ2) is 10.5. The van der Waals surface area contributed by atoms with Crippen molar-refractivity contribution in [3.8, 4) is 22.3 Å². The van der Waals surface area contributed by atoms with Gasteiger partial charge >= 0.3 is 0 Å². The van der Waals surface area contributed by atoms with E-state index in [-0.39, 0.29) is 0 Å². The van der Waals surface area contributed by atoms with Gasteiger partial charge in [0.15, 0.2) is 0 Å². The van der Waals surface area contributed by atoms with Crippen LogP contribution in [0.5, 0.6) is 0 Å². The maximum Gasteiger partial charge on any atom is 0.141 e. The minimum Gasteiger partial charge on any atom is -0.376 e. The highest BCUT2D eigenvalue weighted by Gasteiger charge is 2.50. The summed E-state index contributed by atoms with van der Waals surface area (Å²) in [5, 5.41) is 25.7. The molecule has 6 aromatic rings. The SMILES string of the molecule is Cc1ccc(-c2ccc(C3(O)c4ccccc4C(O)(c4ccc(-c5ccc(Br)cc5)cc4)c4ccc(C)cc43)cc2)cc1. The van der Waals surface area contributed by atoms with Crippen molar-refractivity contribution < 1.29 is 10.2 Å². The highest BCUT2D eigenvalue weighted by molar-refractivity contribution is 9.10. The van der Waals surface area contributed by atoms with Crippen molar-refractivity contribution in [2.24, 2.45) is 0 Å². The Labute approximate surface area is 261 Å². The van der Waals surface area contributed by atoms with Crippen LogP contribution in [-0.4, -0.2) is 10.2 Å². The van der Waals surface area contributed by atoms with Gasteiger partial charge < -0.3 is 10.2 Å². The van der Waals surface area contributed by atoms with Gasteiger partial charge in [0.2, 0.25) is 0 Å². The van der Waals surface area contributed by atoms with Crippen LogP contribution in [0.15, 0.2) is 144 Å². The normalized spacial score (nSPS) is 19.0. The van der Waals surface area contributed by atoms with E-state index in [1.54, 1.807) is 0 Å². The first-order chi connectivity index (χ1) is 20.8. The number of rotatable bonds is 4. The molecule has 7 rings (SSSR count). The van der Waals surface area contributed by atoms with Crippen LogP contribution >= 0.6 is 15.9 Å². The summed E-state index contributed by atoms with van der Waals surface area (Å²) >= 11 is 3.51. The fraction of sp³-hybridized carbons (Fsp3) is 0.100. The monoisotopic (exact) mass is 622 g/mol. The molecule has 0 aromatic heterocycles. The number of hydrogen-bond donors (Lipinski definition) is 2. The molecular weight excluding hydrogens is 592 g/mol. The highest BCUT2D eigenvalue weighted by Crippen LogP contribution is 2.53. The number of fused-ring (bicyclic) bond motifs is 2. The van der Waals surface area contributed by atoms with Crippen LogP contribution < -0.4 is 0 Å². The van der Waals surface area contributed by atoms with Gasteiger partial charge in [0.05, 0.1) is 0 Å². The number of benzene rings is 6. The molecule has 6 aromatic carbocycles. The van der Waals surface area contributed by atoms with Gasteiger partial charge in [-0.2, -0.15) is 0 Å². The van der Waals surface area contributed by atoms with Crippen molar-refractivity contribution in [1.29, 1.82) is 0 Å². The fourth-order valence-electron chi connectivity index (χ4n) is 6.50. The zero-order valence-electron chi connectivity index (χ0n) is 24.1. The lowest BCUT2D eigenvalue weighted by Gasteiger charge is -2.45. The summed E-state index contributed by atoms with van der Waals surface area (Å²) < 4.78 is 1.03. The first kappa shape index (κ1) is 27.5. The third kappa shape index (κ3) is 4.47. The Kier molecular flexibility index (Phi) is 6.70. The summed E-state index contributed by atoms with van der Waals surface area (Å²) in [6, 6.07) is 46.7. The Bertz CT molecular complexity index is 1940. The molecule has 2 atom stereocenters. The quantitative estimate of drug-likeness (QED) is 0.206. The first-order valence-corrected chi connectivity index (χ1v) is 15.3. The third-order valence-electron chi connectivity index (χ3n) is 8.83. The average Bonchev–Trinajstić information content (AvgIpc) is 3.04. The molecule has 1 aliphatic rings. The third-order valence-corrected chi connectivity index (χ3v) is 9.36. The van der Waals surface area contributed by atoms with Crippen LogP contribution in [0, 0.1) is 13.8 Å². The topological polar surface area (TPSA) is 40.5 Å². The van der Waals surface area contributed by atoms with E-state index in [0.717, 1.165) is 43.4 Å². The molecule has 0 spiro atoms. The van der Waals surface area contributed by atoms with E-state index < -0.39 is 11.2 Å². The summed E-state index contributed by atoms with van der Waals surface area (Å²) in [5.41, 5.74) is 7.95. The van der Waals surface area contributed by atoms with Crippen LogP contribution in [0.4, 0.5) is 0 Å². The van der Waals surface area contributed by atoms with E-state index in [1.807, 2.05) is 85.8 Å². The number of aryl methyl sites for hydroxylation is 2. The zero-order valence-corrected chi connectivity index (χ0v) is 25.6. The van der Waals surface area contributed by atoms with E-state index in [4.69, 9.17) is 0 Å². The van der Waals surface area contributed by atoms with Crippen molar-refractivity contribution in [2.45, 2.75) is 25.0 Å². The second-order valence-electron chi connectivity index (χ2n) is 11.5. The Morgan fingerprint density at radius 2 is 0.791 bits per heavy atom. The zero-order chi connectivity index (χ0) is 29.8. The van der Waals surface area contributed by atoms with E-state index in [2.05, 4.69) is 83.5 Å². The highest BCUT2D eigenvalue weighted by atomic mass is 79.9. The van der Waals surface area contributed by atoms with Gasteiger partial charge in [-0.05, 0) is 81.6 Å². The van der Waals surface area contributed by atoms with Gasteiger partial charge in [-0.3, -0.25) is 0 Å². The summed E-state index contributed by atoms with van der Waals surface area (Å²) in [5.74, 6) is 0. The van der Waals surface area contributed by atoms with E-state index in [1.165, 1.54) is 5.56 Å². The molecule has 2 N–H and O–H groups in total.